The quantitative estimate of drug-likeness (QED) is 0.501. The highest BCUT2D eigenvalue weighted by Gasteiger charge is 2.11. The van der Waals surface area contributed by atoms with Crippen molar-refractivity contribution in [2.75, 3.05) is 5.32 Å². The number of hydrogen-bond acceptors (Lipinski definition) is 5. The fourth-order valence-electron chi connectivity index (χ4n) is 1.81. The van der Waals surface area contributed by atoms with Crippen molar-refractivity contribution in [3.8, 4) is 0 Å². The summed E-state index contributed by atoms with van der Waals surface area (Å²) in [6.45, 7) is 0. The summed E-state index contributed by atoms with van der Waals surface area (Å²) in [6, 6.07) is 9.40. The van der Waals surface area contributed by atoms with Gasteiger partial charge in [0.1, 0.15) is 0 Å². The molecule has 0 radical (unpaired) electrons. The smallest absolute Gasteiger partial charge is 0.271 e. The number of carbonyl (C=O) groups is 1. The number of hydrogen-bond donors (Lipinski definition) is 1. The molecule has 8 nitrogen and oxygen atoms in total. The van der Waals surface area contributed by atoms with Gasteiger partial charge in [-0.2, -0.15) is 0 Å². The average molecular weight is 348 g/mol. The summed E-state index contributed by atoms with van der Waals surface area (Å²) in [7, 11) is 0. The van der Waals surface area contributed by atoms with Crippen LogP contribution in [0.3, 0.4) is 0 Å². The third kappa shape index (κ3) is 4.37. The second-order valence-corrected chi connectivity index (χ2v) is 5.00. The summed E-state index contributed by atoms with van der Waals surface area (Å²) in [4.78, 5) is 32.1. The van der Waals surface area contributed by atoms with Gasteiger partial charge >= 0.3 is 0 Å². The Kier molecular flexibility index (Phi) is 5.23. The predicted octanol–water partition coefficient (Wildman–Crippen LogP) is 3.81. The molecule has 0 aromatic heterocycles. The molecule has 0 unspecified atom stereocenters. The lowest BCUT2D eigenvalue weighted by atomic mass is 10.2. The van der Waals surface area contributed by atoms with E-state index in [2.05, 4.69) is 5.32 Å². The van der Waals surface area contributed by atoms with Crippen LogP contribution in [0.4, 0.5) is 17.1 Å². The number of amides is 1. The van der Waals surface area contributed by atoms with Gasteiger partial charge in [-0.1, -0.05) is 23.7 Å². The maximum absolute atomic E-state index is 11.9. The van der Waals surface area contributed by atoms with Gasteiger partial charge < -0.3 is 5.32 Å². The maximum atomic E-state index is 11.9. The molecule has 0 saturated carbocycles. The first-order chi connectivity index (χ1) is 11.4. The molecule has 1 N–H and O–H groups in total. The van der Waals surface area contributed by atoms with Crippen LogP contribution in [0.15, 0.2) is 48.5 Å². The Morgan fingerprint density at radius 3 is 2.38 bits per heavy atom. The number of non-ortho nitro benzene ring substituents is 2. The van der Waals surface area contributed by atoms with Gasteiger partial charge in [0, 0.05) is 30.3 Å². The Morgan fingerprint density at radius 2 is 1.71 bits per heavy atom. The number of halogens is 1. The van der Waals surface area contributed by atoms with E-state index in [1.54, 1.807) is 6.07 Å². The Morgan fingerprint density at radius 1 is 1.04 bits per heavy atom. The average Bonchev–Trinajstić information content (AvgIpc) is 2.55. The summed E-state index contributed by atoms with van der Waals surface area (Å²) in [5.41, 5.74) is 0.251. The van der Waals surface area contributed by atoms with Crippen molar-refractivity contribution in [1.82, 2.24) is 0 Å². The molecule has 0 heterocycles. The standard InChI is InChI=1S/C15H10ClN3O5/c16-13-6-5-12(19(23)24)9-14(13)17-15(20)7-4-10-2-1-3-11(8-10)18(21)22/h1-9H,(H,17,20)/b7-4+. The van der Waals surface area contributed by atoms with Crippen LogP contribution in [0.2, 0.25) is 5.02 Å². The van der Waals surface area contributed by atoms with Gasteiger partial charge in [-0.15, -0.1) is 0 Å². The maximum Gasteiger partial charge on any atom is 0.271 e. The van der Waals surface area contributed by atoms with Crippen LogP contribution in [0.25, 0.3) is 6.08 Å². The first-order valence-electron chi connectivity index (χ1n) is 6.54. The molecule has 1 amide bonds. The summed E-state index contributed by atoms with van der Waals surface area (Å²) >= 11 is 5.88. The molecule has 9 heteroatoms. The third-order valence-electron chi connectivity index (χ3n) is 2.93. The molecule has 0 aliphatic rings. The lowest BCUT2D eigenvalue weighted by molar-refractivity contribution is -0.385. The van der Waals surface area contributed by atoms with Crippen molar-refractivity contribution < 1.29 is 14.6 Å². The number of nitro groups is 2. The molecule has 0 aliphatic heterocycles. The molecule has 2 rings (SSSR count). The molecule has 2 aromatic rings. The van der Waals surface area contributed by atoms with Gasteiger partial charge in [0.25, 0.3) is 11.4 Å². The number of nitro benzene ring substituents is 2. The zero-order valence-electron chi connectivity index (χ0n) is 12.0. The molecule has 0 aliphatic carbocycles. The van der Waals surface area contributed by atoms with Gasteiger partial charge in [0.05, 0.1) is 20.6 Å². The predicted molar refractivity (Wildman–Crippen MR) is 88.9 cm³/mol. The lowest BCUT2D eigenvalue weighted by Gasteiger charge is -2.04. The van der Waals surface area contributed by atoms with Crippen molar-refractivity contribution in [1.29, 1.82) is 0 Å². The van der Waals surface area contributed by atoms with E-state index in [9.17, 15) is 25.0 Å². The van der Waals surface area contributed by atoms with Gasteiger partial charge in [-0.3, -0.25) is 25.0 Å². The first-order valence-corrected chi connectivity index (χ1v) is 6.92. The molecule has 0 fully saturated rings. The molecule has 122 valence electrons. The SMILES string of the molecule is O=C(/C=C/c1cccc([N+](=O)[O-])c1)Nc1cc([N+](=O)[O-])ccc1Cl. The molecular weight excluding hydrogens is 338 g/mol. The highest BCUT2D eigenvalue weighted by atomic mass is 35.5. The summed E-state index contributed by atoms with van der Waals surface area (Å²) in [6.07, 6.45) is 2.53. The Hall–Kier alpha value is -3.26. The van der Waals surface area contributed by atoms with Crippen molar-refractivity contribution in [3.05, 3.63) is 79.4 Å². The van der Waals surface area contributed by atoms with Gasteiger partial charge in [0.2, 0.25) is 5.91 Å². The first kappa shape index (κ1) is 17.1. The summed E-state index contributed by atoms with van der Waals surface area (Å²) in [5, 5.41) is 24.0. The van der Waals surface area contributed by atoms with Gasteiger partial charge in [-0.05, 0) is 17.7 Å². The van der Waals surface area contributed by atoms with Crippen molar-refractivity contribution in [2.45, 2.75) is 0 Å². The Bertz CT molecular complexity index is 851. The van der Waals surface area contributed by atoms with Crippen LogP contribution in [0, 0.1) is 20.2 Å². The highest BCUT2D eigenvalue weighted by molar-refractivity contribution is 6.34. The van der Waals surface area contributed by atoms with E-state index in [0.29, 0.717) is 5.56 Å². The minimum atomic E-state index is -0.606. The summed E-state index contributed by atoms with van der Waals surface area (Å²) in [5.74, 6) is -0.580. The molecule has 24 heavy (non-hydrogen) atoms. The van der Waals surface area contributed by atoms with E-state index < -0.39 is 15.8 Å². The number of nitrogens with zero attached hydrogens (tertiary/aromatic N) is 2. The number of carbonyl (C=O) groups excluding carboxylic acids is 1. The highest BCUT2D eigenvalue weighted by Crippen LogP contribution is 2.26. The molecule has 0 spiro atoms. The second-order valence-electron chi connectivity index (χ2n) is 4.60. The minimum absolute atomic E-state index is 0.0968. The largest absolute Gasteiger partial charge is 0.321 e. The fourth-order valence-corrected chi connectivity index (χ4v) is 1.98. The topological polar surface area (TPSA) is 115 Å². The van der Waals surface area contributed by atoms with Crippen LogP contribution in [0.1, 0.15) is 5.56 Å². The summed E-state index contributed by atoms with van der Waals surface area (Å²) < 4.78 is 0. The number of nitrogens with one attached hydrogen (secondary N) is 1. The van der Waals surface area contributed by atoms with E-state index in [-0.39, 0.29) is 22.1 Å². The van der Waals surface area contributed by atoms with Crippen LogP contribution in [0.5, 0.6) is 0 Å². The Balaban J connectivity index is 2.13. The van der Waals surface area contributed by atoms with Crippen molar-refractivity contribution in [3.63, 3.8) is 0 Å². The number of benzene rings is 2. The van der Waals surface area contributed by atoms with Crippen LogP contribution < -0.4 is 5.32 Å². The van der Waals surface area contributed by atoms with Gasteiger partial charge in [-0.25, -0.2) is 0 Å². The molecular formula is C15H10ClN3O5. The van der Waals surface area contributed by atoms with Crippen molar-refractivity contribution in [2.24, 2.45) is 0 Å². The molecule has 0 atom stereocenters. The van der Waals surface area contributed by atoms with E-state index in [1.165, 1.54) is 36.4 Å². The zero-order chi connectivity index (χ0) is 17.7. The Labute approximate surface area is 140 Å². The monoisotopic (exact) mass is 347 g/mol. The normalized spacial score (nSPS) is 10.5. The van der Waals surface area contributed by atoms with E-state index >= 15 is 0 Å². The molecule has 0 bridgehead atoms. The zero-order valence-corrected chi connectivity index (χ0v) is 12.8. The number of anilines is 1. The third-order valence-corrected chi connectivity index (χ3v) is 3.26. The van der Waals surface area contributed by atoms with Gasteiger partial charge in [0.15, 0.2) is 0 Å². The van der Waals surface area contributed by atoms with Crippen LogP contribution >= 0.6 is 11.6 Å². The molecule has 0 saturated heterocycles. The molecule has 2 aromatic carbocycles. The minimum Gasteiger partial charge on any atom is -0.321 e. The fraction of sp³-hybridized carbons (Fsp3) is 0. The second kappa shape index (κ2) is 7.34. The van der Waals surface area contributed by atoms with E-state index in [0.717, 1.165) is 12.1 Å². The van der Waals surface area contributed by atoms with Crippen LogP contribution in [-0.2, 0) is 4.79 Å². The van der Waals surface area contributed by atoms with Crippen LogP contribution in [-0.4, -0.2) is 15.8 Å². The number of rotatable bonds is 5. The van der Waals surface area contributed by atoms with E-state index in [1.807, 2.05) is 0 Å². The van der Waals surface area contributed by atoms with Crippen molar-refractivity contribution >= 4 is 40.6 Å². The van der Waals surface area contributed by atoms with E-state index in [4.69, 9.17) is 11.6 Å². The lowest BCUT2D eigenvalue weighted by Crippen LogP contribution is -2.08.